The van der Waals surface area contributed by atoms with E-state index >= 15 is 4.39 Å². The highest BCUT2D eigenvalue weighted by Gasteiger charge is 2.36. The van der Waals surface area contributed by atoms with Crippen LogP contribution in [0.3, 0.4) is 0 Å². The molecule has 0 N–H and O–H groups in total. The molecule has 1 aromatic heterocycles. The summed E-state index contributed by atoms with van der Waals surface area (Å²) in [7, 11) is 0. The molecule has 34 heavy (non-hydrogen) atoms. The van der Waals surface area contributed by atoms with Crippen molar-refractivity contribution in [2.45, 2.75) is 56.0 Å². The molecule has 0 bridgehead atoms. The Morgan fingerprint density at radius 3 is 2.35 bits per heavy atom. The first-order valence-electron chi connectivity index (χ1n) is 11.7. The summed E-state index contributed by atoms with van der Waals surface area (Å²) < 4.78 is 46.4. The zero-order valence-electron chi connectivity index (χ0n) is 18.8. The second kappa shape index (κ2) is 10.4. The van der Waals surface area contributed by atoms with Gasteiger partial charge >= 0.3 is 0 Å². The van der Waals surface area contributed by atoms with E-state index in [-0.39, 0.29) is 17.6 Å². The van der Waals surface area contributed by atoms with Gasteiger partial charge in [0, 0.05) is 42.2 Å². The minimum Gasteiger partial charge on any atom is -0.371 e. The zero-order valence-corrected chi connectivity index (χ0v) is 19.6. The lowest BCUT2D eigenvalue weighted by Gasteiger charge is -2.38. The Morgan fingerprint density at radius 1 is 0.941 bits per heavy atom. The summed E-state index contributed by atoms with van der Waals surface area (Å²) in [4.78, 5) is 2.18. The van der Waals surface area contributed by atoms with Crippen molar-refractivity contribution in [2.75, 3.05) is 18.0 Å². The van der Waals surface area contributed by atoms with E-state index in [9.17, 15) is 8.78 Å². The highest BCUT2D eigenvalue weighted by Crippen LogP contribution is 2.44. The Kier molecular flexibility index (Phi) is 7.10. The van der Waals surface area contributed by atoms with Crippen molar-refractivity contribution in [3.05, 3.63) is 78.1 Å². The second-order valence-electron chi connectivity index (χ2n) is 8.96. The fourth-order valence-corrected chi connectivity index (χ4v) is 6.32. The van der Waals surface area contributed by atoms with E-state index in [0.717, 1.165) is 37.2 Å². The number of hydrogen-bond acceptors (Lipinski definition) is 5. The molecule has 5 rings (SSSR count). The minimum atomic E-state index is -2.46. The van der Waals surface area contributed by atoms with Crippen LogP contribution in [0.4, 0.5) is 18.9 Å². The van der Waals surface area contributed by atoms with Gasteiger partial charge in [-0.25, -0.2) is 17.5 Å². The predicted octanol–water partition coefficient (Wildman–Crippen LogP) is 5.88. The van der Waals surface area contributed by atoms with Crippen LogP contribution in [0.25, 0.3) is 0 Å². The molecule has 2 aliphatic heterocycles. The smallest absolute Gasteiger partial charge is 0.254 e. The molecule has 3 heterocycles. The number of benzene rings is 2. The van der Waals surface area contributed by atoms with Crippen molar-refractivity contribution in [3.8, 4) is 0 Å². The van der Waals surface area contributed by atoms with E-state index in [0.29, 0.717) is 24.4 Å². The predicted molar refractivity (Wildman–Crippen MR) is 128 cm³/mol. The Labute approximate surface area is 202 Å². The lowest BCUT2D eigenvalue weighted by molar-refractivity contribution is 0.0536. The Hall–Kier alpha value is -2.52. The van der Waals surface area contributed by atoms with Gasteiger partial charge in [0.2, 0.25) is 0 Å². The number of rotatable bonds is 6. The summed E-state index contributed by atoms with van der Waals surface area (Å²) in [6, 6.07) is 14.6. The average Bonchev–Trinajstić information content (AvgIpc) is 3.41. The van der Waals surface area contributed by atoms with Crippen molar-refractivity contribution >= 4 is 17.6 Å². The standard InChI is InChI=1S/C25H28F3N5S/c26-22-14-21(31-12-10-20(11-13-31)32-16-29-30-17-32)7-6-19(22)15-33-23(25(27)28)8-9-24(34-33)18-4-2-1-3-5-18/h1-7,14,16-17,20,23-25H,8-13,15H2/t23-,24+/m1/s1. The summed E-state index contributed by atoms with van der Waals surface area (Å²) >= 11 is 1.42. The highest BCUT2D eigenvalue weighted by atomic mass is 32.2. The monoisotopic (exact) mass is 487 g/mol. The number of anilines is 1. The lowest BCUT2D eigenvalue weighted by Crippen LogP contribution is -2.39. The van der Waals surface area contributed by atoms with Crippen LogP contribution in [-0.4, -0.2) is 44.6 Å². The maximum atomic E-state index is 15.1. The van der Waals surface area contributed by atoms with Crippen molar-refractivity contribution in [1.82, 2.24) is 19.1 Å². The van der Waals surface area contributed by atoms with E-state index in [1.54, 1.807) is 29.1 Å². The molecule has 0 saturated carbocycles. The minimum absolute atomic E-state index is 0.102. The lowest BCUT2D eigenvalue weighted by atomic mass is 10.0. The summed E-state index contributed by atoms with van der Waals surface area (Å²) in [6.07, 6.45) is 3.97. The third-order valence-corrected chi connectivity index (χ3v) is 8.30. The van der Waals surface area contributed by atoms with Gasteiger partial charge in [0.25, 0.3) is 6.43 Å². The van der Waals surface area contributed by atoms with Crippen molar-refractivity contribution in [1.29, 1.82) is 0 Å². The summed E-state index contributed by atoms with van der Waals surface area (Å²) in [5.74, 6) is -0.339. The summed E-state index contributed by atoms with van der Waals surface area (Å²) in [6.45, 7) is 1.79. The molecule has 2 fully saturated rings. The molecule has 0 aliphatic carbocycles. The fourth-order valence-electron chi connectivity index (χ4n) is 4.91. The van der Waals surface area contributed by atoms with Gasteiger partial charge in [0.05, 0.1) is 6.04 Å². The van der Waals surface area contributed by atoms with Crippen LogP contribution in [0.2, 0.25) is 0 Å². The normalized spacial score (nSPS) is 22.4. The Bertz CT molecular complexity index is 1060. The van der Waals surface area contributed by atoms with Gasteiger partial charge < -0.3 is 9.47 Å². The van der Waals surface area contributed by atoms with E-state index < -0.39 is 12.5 Å². The van der Waals surface area contributed by atoms with Gasteiger partial charge in [-0.2, -0.15) is 0 Å². The van der Waals surface area contributed by atoms with Crippen molar-refractivity contribution in [2.24, 2.45) is 0 Å². The second-order valence-corrected chi connectivity index (χ2v) is 10.2. The van der Waals surface area contributed by atoms with Crippen molar-refractivity contribution < 1.29 is 13.2 Å². The first kappa shape index (κ1) is 23.2. The largest absolute Gasteiger partial charge is 0.371 e. The number of hydrogen-bond donors (Lipinski definition) is 0. The third kappa shape index (κ3) is 5.10. The molecule has 5 nitrogen and oxygen atoms in total. The maximum Gasteiger partial charge on any atom is 0.254 e. The molecule has 2 atom stereocenters. The first-order chi connectivity index (χ1) is 16.6. The van der Waals surface area contributed by atoms with E-state index in [4.69, 9.17) is 0 Å². The Balaban J connectivity index is 1.26. The van der Waals surface area contributed by atoms with E-state index in [2.05, 4.69) is 15.1 Å². The number of halogens is 3. The van der Waals surface area contributed by atoms with Crippen molar-refractivity contribution in [3.63, 3.8) is 0 Å². The number of alkyl halides is 2. The van der Waals surface area contributed by atoms with Crippen LogP contribution in [0.5, 0.6) is 0 Å². The molecule has 2 aromatic carbocycles. The molecule has 0 unspecified atom stereocenters. The summed E-state index contributed by atoms with van der Waals surface area (Å²) in [5.41, 5.74) is 2.41. The number of nitrogens with zero attached hydrogens (tertiary/aromatic N) is 5. The van der Waals surface area contributed by atoms with Crippen LogP contribution in [0, 0.1) is 5.82 Å². The van der Waals surface area contributed by atoms with Gasteiger partial charge in [-0.15, -0.1) is 10.2 Å². The molecular formula is C25H28F3N5S. The zero-order chi connectivity index (χ0) is 23.5. The first-order valence-corrected chi connectivity index (χ1v) is 12.6. The molecule has 180 valence electrons. The van der Waals surface area contributed by atoms with Gasteiger partial charge in [-0.1, -0.05) is 48.3 Å². The van der Waals surface area contributed by atoms with Crippen LogP contribution in [0.1, 0.15) is 48.1 Å². The quantitative estimate of drug-likeness (QED) is 0.406. The van der Waals surface area contributed by atoms with Crippen LogP contribution >= 0.6 is 11.9 Å². The fraction of sp³-hybridized carbons (Fsp3) is 0.440. The summed E-state index contributed by atoms with van der Waals surface area (Å²) in [5, 5.41) is 7.86. The Morgan fingerprint density at radius 2 is 1.68 bits per heavy atom. The molecule has 2 saturated heterocycles. The van der Waals surface area contributed by atoms with Gasteiger partial charge in [0.15, 0.2) is 0 Å². The van der Waals surface area contributed by atoms with Crippen LogP contribution in [0.15, 0.2) is 61.2 Å². The molecule has 3 aromatic rings. The molecule has 0 amide bonds. The third-order valence-electron chi connectivity index (χ3n) is 6.87. The van der Waals surface area contributed by atoms with E-state index in [1.807, 2.05) is 41.0 Å². The van der Waals surface area contributed by atoms with Crippen LogP contribution in [-0.2, 0) is 6.54 Å². The number of aromatic nitrogens is 3. The van der Waals surface area contributed by atoms with Crippen LogP contribution < -0.4 is 4.90 Å². The highest BCUT2D eigenvalue weighted by molar-refractivity contribution is 7.97. The maximum absolute atomic E-state index is 15.1. The molecule has 9 heteroatoms. The topological polar surface area (TPSA) is 37.2 Å². The van der Waals surface area contributed by atoms with Gasteiger partial charge in [0.1, 0.15) is 18.5 Å². The van der Waals surface area contributed by atoms with E-state index in [1.165, 1.54) is 11.9 Å². The number of piperidine rings is 1. The van der Waals surface area contributed by atoms with Gasteiger partial charge in [-0.05, 0) is 43.4 Å². The molecule has 0 spiro atoms. The van der Waals surface area contributed by atoms with Gasteiger partial charge in [-0.3, -0.25) is 0 Å². The SMILES string of the molecule is Fc1cc(N2CCC(n3cnnc3)CC2)ccc1CN1S[C@H](c2ccccc2)CC[C@@H]1C(F)F. The molecule has 2 aliphatic rings. The molecular weight excluding hydrogens is 459 g/mol. The average molecular weight is 488 g/mol. The molecule has 0 radical (unpaired) electrons.